The molecule has 31 heavy (non-hydrogen) atoms. The van der Waals surface area contributed by atoms with Crippen LogP contribution in [0.3, 0.4) is 0 Å². The fourth-order valence-electron chi connectivity index (χ4n) is 4.32. The Balaban J connectivity index is 1.54. The molecule has 4 rings (SSSR count). The number of hydrogen-bond acceptors (Lipinski definition) is 4. The summed E-state index contributed by atoms with van der Waals surface area (Å²) in [6.45, 7) is 4.09. The smallest absolute Gasteiger partial charge is 0.246 e. The average molecular weight is 438 g/mol. The van der Waals surface area contributed by atoms with Gasteiger partial charge >= 0.3 is 0 Å². The quantitative estimate of drug-likeness (QED) is 0.566. The van der Waals surface area contributed by atoms with Crippen LogP contribution in [0.4, 0.5) is 0 Å². The molecule has 1 aliphatic rings. The number of carbonyl (C=O) groups is 1. The van der Waals surface area contributed by atoms with E-state index < -0.39 is 10.0 Å². The zero-order valence-electron chi connectivity index (χ0n) is 18.1. The number of ketones is 1. The first-order valence-corrected chi connectivity index (χ1v) is 11.9. The predicted octanol–water partition coefficient (Wildman–Crippen LogP) is 3.99. The maximum atomic E-state index is 13.3. The lowest BCUT2D eigenvalue weighted by Gasteiger charge is -2.31. The van der Waals surface area contributed by atoms with E-state index in [9.17, 15) is 13.2 Å². The molecule has 1 saturated heterocycles. The predicted molar refractivity (Wildman–Crippen MR) is 120 cm³/mol. The molecule has 0 spiro atoms. The van der Waals surface area contributed by atoms with Gasteiger partial charge in [0.15, 0.2) is 5.78 Å². The minimum absolute atomic E-state index is 0.000794. The first kappa shape index (κ1) is 21.5. The SMILES string of the molecule is Cc1nn(C)c(C)c1S(=O)(=O)N1CCCC(C(=O)c2ccc(-c3ccccc3)cc2)C1. The topological polar surface area (TPSA) is 72.3 Å². The Bertz CT molecular complexity index is 1200. The van der Waals surface area contributed by atoms with Crippen molar-refractivity contribution in [2.24, 2.45) is 13.0 Å². The number of hydrogen-bond donors (Lipinski definition) is 0. The fourth-order valence-corrected chi connectivity index (χ4v) is 6.25. The summed E-state index contributed by atoms with van der Waals surface area (Å²) in [7, 11) is -1.96. The zero-order valence-corrected chi connectivity index (χ0v) is 18.9. The average Bonchev–Trinajstić information content (AvgIpc) is 3.05. The van der Waals surface area contributed by atoms with Crippen LogP contribution in [0.1, 0.15) is 34.6 Å². The van der Waals surface area contributed by atoms with Crippen LogP contribution in [0.15, 0.2) is 59.5 Å². The van der Waals surface area contributed by atoms with Gasteiger partial charge in [0.05, 0.1) is 11.4 Å². The summed E-state index contributed by atoms with van der Waals surface area (Å²) < 4.78 is 29.7. The summed E-state index contributed by atoms with van der Waals surface area (Å²) in [5, 5.41) is 4.25. The van der Waals surface area contributed by atoms with Gasteiger partial charge in [0.2, 0.25) is 10.0 Å². The zero-order chi connectivity index (χ0) is 22.2. The Hall–Kier alpha value is -2.77. The van der Waals surface area contributed by atoms with Crippen LogP contribution in [0.2, 0.25) is 0 Å². The molecule has 7 heteroatoms. The highest BCUT2D eigenvalue weighted by Gasteiger charge is 2.36. The van der Waals surface area contributed by atoms with Crippen molar-refractivity contribution in [3.8, 4) is 11.1 Å². The van der Waals surface area contributed by atoms with Gasteiger partial charge in [-0.25, -0.2) is 8.42 Å². The molecule has 1 atom stereocenters. The van der Waals surface area contributed by atoms with Crippen LogP contribution in [0.5, 0.6) is 0 Å². The molecule has 2 heterocycles. The molecule has 3 aromatic rings. The van der Waals surface area contributed by atoms with Gasteiger partial charge in [-0.1, -0.05) is 54.6 Å². The third-order valence-electron chi connectivity index (χ3n) is 6.07. The first-order valence-electron chi connectivity index (χ1n) is 10.5. The number of Topliss-reactive ketones (excluding diaryl/α,β-unsaturated/α-hetero) is 1. The number of nitrogens with zero attached hydrogens (tertiary/aromatic N) is 3. The third-order valence-corrected chi connectivity index (χ3v) is 8.19. The Morgan fingerprint density at radius 2 is 1.65 bits per heavy atom. The van der Waals surface area contributed by atoms with Crippen molar-refractivity contribution in [2.45, 2.75) is 31.6 Å². The van der Waals surface area contributed by atoms with E-state index in [-0.39, 0.29) is 23.1 Å². The summed E-state index contributed by atoms with van der Waals surface area (Å²) >= 11 is 0. The molecular weight excluding hydrogens is 410 g/mol. The summed E-state index contributed by atoms with van der Waals surface area (Å²) in [4.78, 5) is 13.4. The number of rotatable bonds is 5. The van der Waals surface area contributed by atoms with Crippen molar-refractivity contribution in [1.82, 2.24) is 14.1 Å². The summed E-state index contributed by atoms with van der Waals surface area (Å²) in [5.41, 5.74) is 3.87. The molecule has 1 aliphatic heterocycles. The van der Waals surface area contributed by atoms with Gasteiger partial charge in [0.1, 0.15) is 4.90 Å². The van der Waals surface area contributed by atoms with E-state index in [1.165, 1.54) is 4.31 Å². The molecule has 0 bridgehead atoms. The molecular formula is C24H27N3O3S. The first-order chi connectivity index (χ1) is 14.8. The van der Waals surface area contributed by atoms with Gasteiger partial charge in [0, 0.05) is 31.6 Å². The van der Waals surface area contributed by atoms with Crippen molar-refractivity contribution in [3.05, 3.63) is 71.5 Å². The minimum Gasteiger partial charge on any atom is -0.294 e. The van der Waals surface area contributed by atoms with Gasteiger partial charge in [-0.15, -0.1) is 0 Å². The van der Waals surface area contributed by atoms with Gasteiger partial charge in [-0.2, -0.15) is 9.40 Å². The lowest BCUT2D eigenvalue weighted by atomic mass is 9.90. The number of benzene rings is 2. The Kier molecular flexibility index (Phi) is 5.81. The van der Waals surface area contributed by atoms with Crippen LogP contribution in [0.25, 0.3) is 11.1 Å². The lowest BCUT2D eigenvalue weighted by molar-refractivity contribution is 0.0872. The highest BCUT2D eigenvalue weighted by Crippen LogP contribution is 2.29. The lowest BCUT2D eigenvalue weighted by Crippen LogP contribution is -2.42. The molecule has 0 N–H and O–H groups in total. The van der Waals surface area contributed by atoms with E-state index in [4.69, 9.17) is 0 Å². The fraction of sp³-hybridized carbons (Fsp3) is 0.333. The van der Waals surface area contributed by atoms with Gasteiger partial charge < -0.3 is 0 Å². The summed E-state index contributed by atoms with van der Waals surface area (Å²) in [5.74, 6) is -0.345. The van der Waals surface area contributed by atoms with Gasteiger partial charge in [-0.05, 0) is 37.8 Å². The van der Waals surface area contributed by atoms with Crippen LogP contribution in [-0.2, 0) is 17.1 Å². The van der Waals surface area contributed by atoms with E-state index in [1.54, 1.807) is 25.6 Å². The van der Waals surface area contributed by atoms with Crippen molar-refractivity contribution in [2.75, 3.05) is 13.1 Å². The maximum Gasteiger partial charge on any atom is 0.246 e. The Morgan fingerprint density at radius 3 is 2.26 bits per heavy atom. The third kappa shape index (κ3) is 4.07. The molecule has 0 saturated carbocycles. The number of carbonyl (C=O) groups excluding carboxylic acids is 1. The second kappa shape index (κ2) is 8.40. The van der Waals surface area contributed by atoms with E-state index in [0.717, 1.165) is 11.1 Å². The largest absolute Gasteiger partial charge is 0.294 e. The molecule has 1 aromatic heterocycles. The second-order valence-electron chi connectivity index (χ2n) is 8.13. The van der Waals surface area contributed by atoms with Crippen molar-refractivity contribution in [3.63, 3.8) is 0 Å². The number of piperidine rings is 1. The molecule has 1 unspecified atom stereocenters. The monoisotopic (exact) mass is 437 g/mol. The molecule has 0 radical (unpaired) electrons. The van der Waals surface area contributed by atoms with Crippen molar-refractivity contribution < 1.29 is 13.2 Å². The molecule has 2 aromatic carbocycles. The Labute approximate surface area is 183 Å². The van der Waals surface area contributed by atoms with Crippen LogP contribution in [0, 0.1) is 19.8 Å². The van der Waals surface area contributed by atoms with Crippen molar-refractivity contribution >= 4 is 15.8 Å². The van der Waals surface area contributed by atoms with E-state index in [1.807, 2.05) is 54.6 Å². The molecule has 0 aliphatic carbocycles. The minimum atomic E-state index is -3.70. The van der Waals surface area contributed by atoms with Crippen LogP contribution >= 0.6 is 0 Å². The second-order valence-corrected chi connectivity index (χ2v) is 10.0. The summed E-state index contributed by atoms with van der Waals surface area (Å²) in [6, 6.07) is 17.6. The molecule has 1 fully saturated rings. The number of aromatic nitrogens is 2. The summed E-state index contributed by atoms with van der Waals surface area (Å²) in [6.07, 6.45) is 1.35. The number of aryl methyl sites for hydroxylation is 2. The van der Waals surface area contributed by atoms with Gasteiger partial charge in [0.25, 0.3) is 0 Å². The Morgan fingerprint density at radius 1 is 1.00 bits per heavy atom. The van der Waals surface area contributed by atoms with E-state index in [2.05, 4.69) is 5.10 Å². The highest BCUT2D eigenvalue weighted by molar-refractivity contribution is 7.89. The molecule has 6 nitrogen and oxygen atoms in total. The molecule has 0 amide bonds. The van der Waals surface area contributed by atoms with Crippen LogP contribution < -0.4 is 0 Å². The molecule has 162 valence electrons. The van der Waals surface area contributed by atoms with Gasteiger partial charge in [-0.3, -0.25) is 9.48 Å². The standard InChI is InChI=1S/C24H27N3O3S/c1-17-24(18(2)26(3)25-17)31(29,30)27-15-7-10-22(16-27)23(28)21-13-11-20(12-14-21)19-8-5-4-6-9-19/h4-6,8-9,11-14,22H,7,10,15-16H2,1-3H3. The normalized spacial score (nSPS) is 17.6. The number of sulfonamides is 1. The van der Waals surface area contributed by atoms with Crippen LogP contribution in [-0.4, -0.2) is 41.4 Å². The van der Waals surface area contributed by atoms with E-state index >= 15 is 0 Å². The maximum absolute atomic E-state index is 13.3. The van der Waals surface area contributed by atoms with E-state index in [0.29, 0.717) is 36.3 Å². The highest BCUT2D eigenvalue weighted by atomic mass is 32.2. The van der Waals surface area contributed by atoms with Crippen molar-refractivity contribution in [1.29, 1.82) is 0 Å².